The fourth-order valence-electron chi connectivity index (χ4n) is 2.55. The molecule has 2 rings (SSSR count). The van der Waals surface area contributed by atoms with Crippen LogP contribution in [0.15, 0.2) is 18.2 Å². The summed E-state index contributed by atoms with van der Waals surface area (Å²) in [6.45, 7) is 5.46. The Morgan fingerprint density at radius 2 is 2.00 bits per heavy atom. The first-order valence-electron chi connectivity index (χ1n) is 7.43. The van der Waals surface area contributed by atoms with Crippen molar-refractivity contribution in [1.82, 2.24) is 5.32 Å². The molecule has 1 aliphatic rings. The van der Waals surface area contributed by atoms with Gasteiger partial charge >= 0.3 is 0 Å². The van der Waals surface area contributed by atoms with Crippen LogP contribution >= 0.6 is 12.4 Å². The Balaban J connectivity index is 0.00000242. The number of nitrogens with two attached hydrogens (primary N) is 1. The molecule has 2 atom stereocenters. The lowest BCUT2D eigenvalue weighted by Gasteiger charge is -2.13. The molecular formula is C16H25ClN2O3. The summed E-state index contributed by atoms with van der Waals surface area (Å²) in [6.07, 6.45) is 1.26. The van der Waals surface area contributed by atoms with Gasteiger partial charge in [0.1, 0.15) is 18.5 Å². The average molecular weight is 329 g/mol. The molecule has 1 aromatic carbocycles. The maximum atomic E-state index is 11.9. The van der Waals surface area contributed by atoms with E-state index in [4.69, 9.17) is 15.2 Å². The molecule has 1 fully saturated rings. The zero-order valence-corrected chi connectivity index (χ0v) is 13.9. The van der Waals surface area contributed by atoms with E-state index in [0.29, 0.717) is 19.7 Å². The molecule has 3 N–H and O–H groups in total. The normalized spacial score (nSPS) is 20.3. The third-order valence-electron chi connectivity index (χ3n) is 3.53. The lowest BCUT2D eigenvalue weighted by atomic mass is 10.1. The van der Waals surface area contributed by atoms with E-state index in [1.54, 1.807) is 0 Å². The molecule has 22 heavy (non-hydrogen) atoms. The van der Waals surface area contributed by atoms with Crippen LogP contribution in [0.4, 0.5) is 0 Å². The summed E-state index contributed by atoms with van der Waals surface area (Å²) >= 11 is 0. The van der Waals surface area contributed by atoms with Gasteiger partial charge in [0.15, 0.2) is 0 Å². The maximum Gasteiger partial charge on any atom is 0.249 e. The number of carbonyl (C=O) groups excluding carboxylic acids is 1. The van der Waals surface area contributed by atoms with E-state index in [9.17, 15) is 4.79 Å². The van der Waals surface area contributed by atoms with E-state index in [0.717, 1.165) is 18.6 Å². The number of aryl methyl sites for hydroxylation is 2. The predicted octanol–water partition coefficient (Wildman–Crippen LogP) is 1.73. The van der Waals surface area contributed by atoms with E-state index in [-0.39, 0.29) is 30.5 Å². The summed E-state index contributed by atoms with van der Waals surface area (Å²) in [4.78, 5) is 11.9. The van der Waals surface area contributed by atoms with Gasteiger partial charge in [0.05, 0.1) is 12.6 Å². The van der Waals surface area contributed by atoms with Gasteiger partial charge in [-0.2, -0.15) is 0 Å². The Bertz CT molecular complexity index is 476. The van der Waals surface area contributed by atoms with Gasteiger partial charge in [0.2, 0.25) is 5.91 Å². The molecule has 0 saturated carbocycles. The molecule has 1 aliphatic heterocycles. The van der Waals surface area contributed by atoms with Crippen LogP contribution < -0.4 is 15.8 Å². The fourth-order valence-corrected chi connectivity index (χ4v) is 2.55. The predicted molar refractivity (Wildman–Crippen MR) is 88.6 cm³/mol. The largest absolute Gasteiger partial charge is 0.492 e. The third kappa shape index (κ3) is 5.48. The molecule has 0 radical (unpaired) electrons. The van der Waals surface area contributed by atoms with Gasteiger partial charge in [0.25, 0.3) is 0 Å². The molecule has 6 heteroatoms. The molecule has 0 unspecified atom stereocenters. The van der Waals surface area contributed by atoms with Crippen LogP contribution in [-0.4, -0.2) is 37.8 Å². The highest BCUT2D eigenvalue weighted by Gasteiger charge is 2.29. The summed E-state index contributed by atoms with van der Waals surface area (Å²) in [7, 11) is 0. The highest BCUT2D eigenvalue weighted by molar-refractivity contribution is 5.85. The monoisotopic (exact) mass is 328 g/mol. The summed E-state index contributed by atoms with van der Waals surface area (Å²) in [5.41, 5.74) is 7.87. The minimum atomic E-state index is -0.361. The minimum absolute atomic E-state index is 0. The summed E-state index contributed by atoms with van der Waals surface area (Å²) < 4.78 is 11.2. The van der Waals surface area contributed by atoms with Gasteiger partial charge < -0.3 is 20.5 Å². The summed E-state index contributed by atoms with van der Waals surface area (Å²) in [5, 5.41) is 2.84. The Morgan fingerprint density at radius 1 is 1.32 bits per heavy atom. The Morgan fingerprint density at radius 3 is 2.59 bits per heavy atom. The van der Waals surface area contributed by atoms with Crippen molar-refractivity contribution in [2.45, 2.75) is 38.9 Å². The molecular weight excluding hydrogens is 304 g/mol. The van der Waals surface area contributed by atoms with Crippen LogP contribution in [0, 0.1) is 13.8 Å². The molecule has 0 aliphatic carbocycles. The molecule has 0 bridgehead atoms. The Labute approximate surface area is 138 Å². The molecule has 124 valence electrons. The quantitative estimate of drug-likeness (QED) is 0.780. The van der Waals surface area contributed by atoms with E-state index in [1.165, 1.54) is 11.1 Å². The van der Waals surface area contributed by atoms with Crippen LogP contribution in [-0.2, 0) is 9.53 Å². The van der Waals surface area contributed by atoms with Gasteiger partial charge in [-0.05, 0) is 49.9 Å². The first-order valence-corrected chi connectivity index (χ1v) is 7.43. The topological polar surface area (TPSA) is 73.6 Å². The van der Waals surface area contributed by atoms with Crippen molar-refractivity contribution in [2.24, 2.45) is 5.73 Å². The van der Waals surface area contributed by atoms with Crippen LogP contribution in [0.3, 0.4) is 0 Å². The van der Waals surface area contributed by atoms with Crippen molar-refractivity contribution in [3.8, 4) is 5.75 Å². The average Bonchev–Trinajstić information content (AvgIpc) is 2.91. The van der Waals surface area contributed by atoms with E-state index in [1.807, 2.05) is 26.0 Å². The zero-order chi connectivity index (χ0) is 15.2. The van der Waals surface area contributed by atoms with E-state index in [2.05, 4.69) is 11.4 Å². The first kappa shape index (κ1) is 18.7. The van der Waals surface area contributed by atoms with Crippen LogP contribution in [0.25, 0.3) is 0 Å². The Hall–Kier alpha value is -1.30. The second-order valence-corrected chi connectivity index (χ2v) is 5.52. The van der Waals surface area contributed by atoms with Gasteiger partial charge in [-0.1, -0.05) is 6.07 Å². The van der Waals surface area contributed by atoms with Crippen molar-refractivity contribution in [3.63, 3.8) is 0 Å². The van der Waals surface area contributed by atoms with Gasteiger partial charge in [-0.3, -0.25) is 4.79 Å². The van der Waals surface area contributed by atoms with E-state index >= 15 is 0 Å². The summed E-state index contributed by atoms with van der Waals surface area (Å²) in [6, 6.07) is 6.07. The fraction of sp³-hybridized carbons (Fsp3) is 0.562. The number of hydrogen-bond acceptors (Lipinski definition) is 4. The number of halogens is 1. The highest BCUT2D eigenvalue weighted by atomic mass is 35.5. The molecule has 5 nitrogen and oxygen atoms in total. The lowest BCUT2D eigenvalue weighted by molar-refractivity contribution is -0.131. The molecule has 0 spiro atoms. The van der Waals surface area contributed by atoms with Crippen molar-refractivity contribution in [1.29, 1.82) is 0 Å². The van der Waals surface area contributed by atoms with Crippen LogP contribution in [0.1, 0.15) is 24.0 Å². The molecule has 1 aromatic rings. The van der Waals surface area contributed by atoms with Crippen molar-refractivity contribution in [3.05, 3.63) is 29.3 Å². The van der Waals surface area contributed by atoms with Crippen molar-refractivity contribution >= 4 is 18.3 Å². The number of ether oxygens (including phenoxy) is 2. The van der Waals surface area contributed by atoms with Gasteiger partial charge in [-0.25, -0.2) is 0 Å². The molecule has 1 amide bonds. The van der Waals surface area contributed by atoms with Gasteiger partial charge in [0, 0.05) is 6.54 Å². The number of benzene rings is 1. The van der Waals surface area contributed by atoms with E-state index < -0.39 is 0 Å². The standard InChI is InChI=1S/C16H24N2O3.ClH/c1-11-7-12(2)9-14(8-11)20-6-5-18-16(19)15-4-3-13(10-17)21-15;/h7-9,13,15H,3-6,10,17H2,1-2H3,(H,18,19);1H/t13-,15+;/m1./s1. The molecule has 1 saturated heterocycles. The second-order valence-electron chi connectivity index (χ2n) is 5.52. The second kappa shape index (κ2) is 8.98. The van der Waals surface area contributed by atoms with Crippen molar-refractivity contribution in [2.75, 3.05) is 19.7 Å². The smallest absolute Gasteiger partial charge is 0.249 e. The number of nitrogens with one attached hydrogen (secondary N) is 1. The highest BCUT2D eigenvalue weighted by Crippen LogP contribution is 2.19. The first-order chi connectivity index (χ1) is 10.1. The number of hydrogen-bond donors (Lipinski definition) is 2. The summed E-state index contributed by atoms with van der Waals surface area (Å²) in [5.74, 6) is 0.761. The zero-order valence-electron chi connectivity index (χ0n) is 13.1. The van der Waals surface area contributed by atoms with Crippen molar-refractivity contribution < 1.29 is 14.3 Å². The van der Waals surface area contributed by atoms with Gasteiger partial charge in [-0.15, -0.1) is 12.4 Å². The molecule has 0 aromatic heterocycles. The van der Waals surface area contributed by atoms with Crippen LogP contribution in [0.5, 0.6) is 5.75 Å². The number of rotatable bonds is 6. The Kier molecular flexibility index (Phi) is 7.65. The maximum absolute atomic E-state index is 11.9. The SMILES string of the molecule is Cc1cc(C)cc(OCCNC(=O)[C@@H]2CC[C@H](CN)O2)c1.Cl. The number of amides is 1. The minimum Gasteiger partial charge on any atom is -0.492 e. The van der Waals surface area contributed by atoms with Crippen LogP contribution in [0.2, 0.25) is 0 Å². The molecule has 1 heterocycles. The lowest BCUT2D eigenvalue weighted by Crippen LogP contribution is -2.37. The third-order valence-corrected chi connectivity index (χ3v) is 3.53. The number of carbonyl (C=O) groups is 1.